The second kappa shape index (κ2) is 8.25. The number of rotatable bonds is 5. The molecule has 0 N–H and O–H groups in total. The summed E-state index contributed by atoms with van der Waals surface area (Å²) in [5, 5.41) is 0. The molecule has 0 fully saturated rings. The summed E-state index contributed by atoms with van der Waals surface area (Å²) < 4.78 is 17.1. The van der Waals surface area contributed by atoms with Gasteiger partial charge in [0.25, 0.3) is 0 Å². The van der Waals surface area contributed by atoms with Gasteiger partial charge in [0, 0.05) is 35.0 Å². The zero-order chi connectivity index (χ0) is 19.5. The molecule has 0 aliphatic carbocycles. The molecule has 5 heteroatoms. The number of fused-ring (bicyclic) bond motifs is 1. The van der Waals surface area contributed by atoms with Crippen LogP contribution in [0.25, 0.3) is 10.4 Å². The third kappa shape index (κ3) is 4.01. The lowest BCUT2D eigenvalue weighted by molar-refractivity contribution is 0.216. The fourth-order valence-electron chi connectivity index (χ4n) is 3.59. The molecule has 28 heavy (non-hydrogen) atoms. The maximum absolute atomic E-state index is 6.09. The summed E-state index contributed by atoms with van der Waals surface area (Å²) in [7, 11) is 3.41. The molecule has 0 bridgehead atoms. The summed E-state index contributed by atoms with van der Waals surface area (Å²) in [5.74, 6) is 2.57. The average molecular weight is 396 g/mol. The molecule has 2 heterocycles. The number of ether oxygens (including phenoxy) is 3. The first kappa shape index (κ1) is 18.8. The highest BCUT2D eigenvalue weighted by molar-refractivity contribution is 7.15. The van der Waals surface area contributed by atoms with Crippen molar-refractivity contribution >= 4 is 11.3 Å². The van der Waals surface area contributed by atoms with Gasteiger partial charge in [-0.2, -0.15) is 0 Å². The molecule has 0 radical (unpaired) electrons. The van der Waals surface area contributed by atoms with Gasteiger partial charge in [-0.1, -0.05) is 12.1 Å². The Morgan fingerprint density at radius 1 is 1.07 bits per heavy atom. The van der Waals surface area contributed by atoms with Gasteiger partial charge in [-0.25, -0.2) is 0 Å². The van der Waals surface area contributed by atoms with Crippen LogP contribution in [0, 0.1) is 6.92 Å². The number of benzene rings is 2. The summed E-state index contributed by atoms with van der Waals surface area (Å²) >= 11 is 1.80. The molecular weight excluding hydrogens is 370 g/mol. The van der Waals surface area contributed by atoms with Crippen molar-refractivity contribution in [1.29, 1.82) is 0 Å². The molecule has 0 atom stereocenters. The SMILES string of the molecule is COc1cccc(CN2CCOc3c(cc(-c4ccc(C)s4)cc3OC)C2)c1. The van der Waals surface area contributed by atoms with E-state index in [1.807, 2.05) is 12.1 Å². The van der Waals surface area contributed by atoms with Crippen molar-refractivity contribution in [3.8, 4) is 27.7 Å². The van der Waals surface area contributed by atoms with Gasteiger partial charge in [-0.3, -0.25) is 4.90 Å². The smallest absolute Gasteiger partial charge is 0.165 e. The lowest BCUT2D eigenvalue weighted by atomic mass is 10.1. The van der Waals surface area contributed by atoms with Crippen molar-refractivity contribution in [2.75, 3.05) is 27.4 Å². The number of methoxy groups -OCH3 is 2. The first-order valence-electron chi connectivity index (χ1n) is 9.42. The van der Waals surface area contributed by atoms with E-state index in [0.29, 0.717) is 6.61 Å². The molecule has 1 aliphatic rings. The normalized spacial score (nSPS) is 14.1. The highest BCUT2D eigenvalue weighted by Crippen LogP contribution is 2.40. The van der Waals surface area contributed by atoms with Gasteiger partial charge < -0.3 is 14.2 Å². The zero-order valence-electron chi connectivity index (χ0n) is 16.5. The molecule has 4 rings (SSSR count). The fraction of sp³-hybridized carbons (Fsp3) is 0.304. The second-order valence-corrected chi connectivity index (χ2v) is 8.28. The minimum absolute atomic E-state index is 0.644. The van der Waals surface area contributed by atoms with Gasteiger partial charge in [0.05, 0.1) is 14.2 Å². The molecule has 0 amide bonds. The molecule has 1 aromatic heterocycles. The number of aryl methyl sites for hydroxylation is 1. The Hall–Kier alpha value is -2.50. The Morgan fingerprint density at radius 3 is 2.71 bits per heavy atom. The Morgan fingerprint density at radius 2 is 1.96 bits per heavy atom. The van der Waals surface area contributed by atoms with Crippen LogP contribution in [0.4, 0.5) is 0 Å². The fourth-order valence-corrected chi connectivity index (χ4v) is 4.44. The van der Waals surface area contributed by atoms with Crippen LogP contribution in [0.5, 0.6) is 17.2 Å². The van der Waals surface area contributed by atoms with Crippen molar-refractivity contribution in [1.82, 2.24) is 4.90 Å². The zero-order valence-corrected chi connectivity index (χ0v) is 17.3. The summed E-state index contributed by atoms with van der Waals surface area (Å²) in [4.78, 5) is 4.96. The Balaban J connectivity index is 1.64. The number of hydrogen-bond acceptors (Lipinski definition) is 5. The van der Waals surface area contributed by atoms with E-state index in [0.717, 1.165) is 36.9 Å². The molecular formula is C23H25NO3S. The van der Waals surface area contributed by atoms with Crippen LogP contribution < -0.4 is 14.2 Å². The lowest BCUT2D eigenvalue weighted by Crippen LogP contribution is -2.25. The highest BCUT2D eigenvalue weighted by atomic mass is 32.1. The number of hydrogen-bond donors (Lipinski definition) is 0. The van der Waals surface area contributed by atoms with Crippen LogP contribution >= 0.6 is 11.3 Å². The third-order valence-electron chi connectivity index (χ3n) is 4.96. The Kier molecular flexibility index (Phi) is 5.55. The van der Waals surface area contributed by atoms with E-state index in [-0.39, 0.29) is 0 Å². The van der Waals surface area contributed by atoms with Crippen molar-refractivity contribution in [3.63, 3.8) is 0 Å². The van der Waals surface area contributed by atoms with Crippen molar-refractivity contribution in [3.05, 3.63) is 64.5 Å². The van der Waals surface area contributed by atoms with Crippen LogP contribution in [-0.4, -0.2) is 32.3 Å². The van der Waals surface area contributed by atoms with E-state index >= 15 is 0 Å². The lowest BCUT2D eigenvalue weighted by Gasteiger charge is -2.20. The van der Waals surface area contributed by atoms with Crippen LogP contribution in [0.1, 0.15) is 16.0 Å². The largest absolute Gasteiger partial charge is 0.497 e. The van der Waals surface area contributed by atoms with Crippen LogP contribution in [0.15, 0.2) is 48.5 Å². The predicted octanol–water partition coefficient (Wildman–Crippen LogP) is 5.14. The third-order valence-corrected chi connectivity index (χ3v) is 6.01. The van der Waals surface area contributed by atoms with E-state index in [4.69, 9.17) is 14.2 Å². The first-order chi connectivity index (χ1) is 13.7. The van der Waals surface area contributed by atoms with Crippen molar-refractivity contribution in [2.45, 2.75) is 20.0 Å². The molecule has 3 aromatic rings. The maximum Gasteiger partial charge on any atom is 0.165 e. The van der Waals surface area contributed by atoms with Crippen molar-refractivity contribution in [2.24, 2.45) is 0 Å². The monoisotopic (exact) mass is 395 g/mol. The number of nitrogens with zero attached hydrogens (tertiary/aromatic N) is 1. The van der Waals surface area contributed by atoms with Gasteiger partial charge >= 0.3 is 0 Å². The average Bonchev–Trinajstić information content (AvgIpc) is 3.04. The summed E-state index contributed by atoms with van der Waals surface area (Å²) in [5.41, 5.74) is 3.58. The van der Waals surface area contributed by atoms with Gasteiger partial charge in [0.15, 0.2) is 11.5 Å². The first-order valence-corrected chi connectivity index (χ1v) is 10.2. The van der Waals surface area contributed by atoms with E-state index < -0.39 is 0 Å². The van der Waals surface area contributed by atoms with Gasteiger partial charge in [0.2, 0.25) is 0 Å². The van der Waals surface area contributed by atoms with Crippen LogP contribution in [0.3, 0.4) is 0 Å². The summed E-state index contributed by atoms with van der Waals surface area (Å²) in [6.07, 6.45) is 0. The molecule has 0 unspecified atom stereocenters. The standard InChI is InChI=1S/C23H25NO3S/c1-16-7-8-22(28-16)18-12-19-15-24(9-10-27-23(19)21(13-18)26-3)14-17-5-4-6-20(11-17)25-2/h4-8,11-13H,9-10,14-15H2,1-3H3. The van der Waals surface area contributed by atoms with Crippen molar-refractivity contribution < 1.29 is 14.2 Å². The summed E-state index contributed by atoms with van der Waals surface area (Å²) in [6.45, 7) is 5.31. The van der Waals surface area contributed by atoms with Gasteiger partial charge in [-0.15, -0.1) is 11.3 Å². The Labute approximate surface area is 170 Å². The molecule has 0 saturated heterocycles. The molecule has 0 saturated carbocycles. The second-order valence-electron chi connectivity index (χ2n) is 6.99. The molecule has 146 valence electrons. The molecule has 0 spiro atoms. The quantitative estimate of drug-likeness (QED) is 0.599. The predicted molar refractivity (Wildman–Crippen MR) is 114 cm³/mol. The summed E-state index contributed by atoms with van der Waals surface area (Å²) in [6, 6.07) is 16.9. The van der Waals surface area contributed by atoms with Crippen LogP contribution in [0.2, 0.25) is 0 Å². The molecule has 2 aromatic carbocycles. The van der Waals surface area contributed by atoms with E-state index in [1.165, 1.54) is 26.4 Å². The number of thiophene rings is 1. The Bertz CT molecular complexity index is 966. The van der Waals surface area contributed by atoms with E-state index in [2.05, 4.69) is 48.2 Å². The minimum atomic E-state index is 0.644. The topological polar surface area (TPSA) is 30.9 Å². The minimum Gasteiger partial charge on any atom is -0.497 e. The van der Waals surface area contributed by atoms with E-state index in [1.54, 1.807) is 25.6 Å². The highest BCUT2D eigenvalue weighted by Gasteiger charge is 2.21. The maximum atomic E-state index is 6.09. The van der Waals surface area contributed by atoms with Gasteiger partial charge in [-0.05, 0) is 54.4 Å². The van der Waals surface area contributed by atoms with Crippen LogP contribution in [-0.2, 0) is 13.1 Å². The molecule has 1 aliphatic heterocycles. The van der Waals surface area contributed by atoms with Gasteiger partial charge in [0.1, 0.15) is 12.4 Å². The molecule has 4 nitrogen and oxygen atoms in total. The van der Waals surface area contributed by atoms with E-state index in [9.17, 15) is 0 Å².